The number of hydrogen-bond donors (Lipinski definition) is 4. The Morgan fingerprint density at radius 1 is 1.40 bits per heavy atom. The molecule has 4 rings (SSSR count). The zero-order valence-corrected chi connectivity index (χ0v) is 14.6. The number of hydrogen-bond acceptors (Lipinski definition) is 7. The molecule has 4 heterocycles. The lowest BCUT2D eigenvalue weighted by Gasteiger charge is -2.27. The molecule has 2 aromatic rings. The van der Waals surface area contributed by atoms with Gasteiger partial charge in [-0.1, -0.05) is 0 Å². The topological polar surface area (TPSA) is 98.0 Å². The van der Waals surface area contributed by atoms with Crippen LogP contribution in [0.2, 0.25) is 0 Å². The first-order valence-corrected chi connectivity index (χ1v) is 9.41. The number of carbonyl (C=O) groups excluding carboxylic acids is 1. The van der Waals surface area contributed by atoms with Gasteiger partial charge in [-0.2, -0.15) is 0 Å². The maximum absolute atomic E-state index is 12.5. The first-order valence-electron chi connectivity index (χ1n) is 8.43. The first-order chi connectivity index (χ1) is 12.3. The van der Waals surface area contributed by atoms with Gasteiger partial charge >= 0.3 is 0 Å². The Morgan fingerprint density at radius 2 is 2.36 bits per heavy atom. The van der Waals surface area contributed by atoms with Crippen molar-refractivity contribution < 1.29 is 4.79 Å². The second-order valence-electron chi connectivity index (χ2n) is 6.04. The highest BCUT2D eigenvalue weighted by molar-refractivity contribution is 8.04. The van der Waals surface area contributed by atoms with Crippen molar-refractivity contribution in [2.75, 3.05) is 43.4 Å². The second-order valence-corrected chi connectivity index (χ2v) is 7.17. The van der Waals surface area contributed by atoms with Crippen LogP contribution in [-0.2, 0) is 4.79 Å². The number of piperazine rings is 1. The molecule has 0 saturated carbocycles. The van der Waals surface area contributed by atoms with Crippen LogP contribution in [0.4, 0.5) is 5.82 Å². The summed E-state index contributed by atoms with van der Waals surface area (Å²) < 4.78 is 0. The zero-order valence-electron chi connectivity index (χ0n) is 13.8. The maximum atomic E-state index is 12.5. The van der Waals surface area contributed by atoms with Gasteiger partial charge in [0, 0.05) is 56.9 Å². The monoisotopic (exact) mass is 359 g/mol. The van der Waals surface area contributed by atoms with Crippen molar-refractivity contribution in [3.63, 3.8) is 0 Å². The normalized spacial score (nSPS) is 21.2. The molecule has 8 nitrogen and oxygen atoms in total. The molecule has 0 bridgehead atoms. The van der Waals surface area contributed by atoms with Gasteiger partial charge in [-0.25, -0.2) is 9.97 Å². The van der Waals surface area contributed by atoms with Crippen LogP contribution in [0.5, 0.6) is 0 Å². The summed E-state index contributed by atoms with van der Waals surface area (Å²) in [6.07, 6.45) is 5.29. The molecule has 2 aliphatic heterocycles. The predicted octanol–water partition coefficient (Wildman–Crippen LogP) is 0.0301. The minimum absolute atomic E-state index is 0.0264. The van der Waals surface area contributed by atoms with Crippen molar-refractivity contribution in [2.45, 2.75) is 6.04 Å². The minimum Gasteiger partial charge on any atom is -0.350 e. The Balaban J connectivity index is 1.46. The average molecular weight is 359 g/mol. The molecule has 1 amide bonds. The van der Waals surface area contributed by atoms with Gasteiger partial charge in [-0.15, -0.1) is 11.8 Å². The quantitative estimate of drug-likeness (QED) is 0.611. The van der Waals surface area contributed by atoms with Crippen molar-refractivity contribution in [3.05, 3.63) is 29.7 Å². The lowest BCUT2D eigenvalue weighted by atomic mass is 10.2. The lowest BCUT2D eigenvalue weighted by molar-refractivity contribution is -0.116. The Kier molecular flexibility index (Phi) is 4.86. The molecule has 2 aromatic heterocycles. The number of anilines is 1. The highest BCUT2D eigenvalue weighted by Gasteiger charge is 2.21. The molecule has 132 valence electrons. The van der Waals surface area contributed by atoms with Gasteiger partial charge < -0.3 is 25.8 Å². The molecule has 0 spiro atoms. The summed E-state index contributed by atoms with van der Waals surface area (Å²) in [5.74, 6) is 1.65. The molecule has 1 saturated heterocycles. The van der Waals surface area contributed by atoms with E-state index in [1.807, 2.05) is 23.4 Å². The van der Waals surface area contributed by atoms with Crippen molar-refractivity contribution in [1.29, 1.82) is 0 Å². The van der Waals surface area contributed by atoms with E-state index in [4.69, 9.17) is 0 Å². The van der Waals surface area contributed by atoms with Gasteiger partial charge in [0.05, 0.1) is 10.3 Å². The maximum Gasteiger partial charge on any atom is 0.259 e. The van der Waals surface area contributed by atoms with E-state index < -0.39 is 0 Å². The van der Waals surface area contributed by atoms with E-state index in [0.717, 1.165) is 53.7 Å². The number of carbonyl (C=O) groups is 1. The summed E-state index contributed by atoms with van der Waals surface area (Å²) in [4.78, 5) is 27.0. The molecule has 0 aromatic carbocycles. The standard InChI is InChI=1S/C16H21N7OS/c24-16(20-8-11-7-17-3-4-18-11)13-9-23(5-6-25-13)15-12-1-2-19-14(12)21-10-22-15/h1-2,9-11,17-18H,3-8H2,(H,20,24)(H,19,21,22). The number of nitrogens with one attached hydrogen (secondary N) is 4. The van der Waals surface area contributed by atoms with Crippen LogP contribution >= 0.6 is 11.8 Å². The summed E-state index contributed by atoms with van der Waals surface area (Å²) >= 11 is 1.58. The molecular weight excluding hydrogens is 338 g/mol. The second kappa shape index (κ2) is 7.42. The summed E-state index contributed by atoms with van der Waals surface area (Å²) in [6, 6.07) is 2.24. The Hall–Kier alpha value is -2.10. The van der Waals surface area contributed by atoms with Gasteiger partial charge in [0.25, 0.3) is 5.91 Å². The fourth-order valence-electron chi connectivity index (χ4n) is 3.04. The lowest BCUT2D eigenvalue weighted by Crippen LogP contribution is -2.53. The molecule has 1 atom stereocenters. The third-order valence-corrected chi connectivity index (χ3v) is 5.31. The van der Waals surface area contributed by atoms with Gasteiger partial charge in [0.1, 0.15) is 17.8 Å². The zero-order chi connectivity index (χ0) is 17.1. The van der Waals surface area contributed by atoms with E-state index in [1.165, 1.54) is 0 Å². The summed E-state index contributed by atoms with van der Waals surface area (Å²) in [5, 5.41) is 10.7. The largest absolute Gasteiger partial charge is 0.350 e. The summed E-state index contributed by atoms with van der Waals surface area (Å²) in [7, 11) is 0. The van der Waals surface area contributed by atoms with E-state index in [-0.39, 0.29) is 11.9 Å². The Morgan fingerprint density at radius 3 is 3.24 bits per heavy atom. The van der Waals surface area contributed by atoms with Crippen LogP contribution in [-0.4, -0.2) is 65.4 Å². The SMILES string of the molecule is O=C(NCC1CNCCN1)C1=CN(c2ncnc3[nH]ccc23)CCS1. The fourth-order valence-corrected chi connectivity index (χ4v) is 3.95. The van der Waals surface area contributed by atoms with E-state index in [2.05, 4.69) is 30.9 Å². The number of nitrogens with zero attached hydrogens (tertiary/aromatic N) is 3. The molecule has 2 aliphatic rings. The first kappa shape index (κ1) is 16.4. The van der Waals surface area contributed by atoms with Crippen LogP contribution < -0.4 is 20.9 Å². The minimum atomic E-state index is -0.0264. The van der Waals surface area contributed by atoms with Gasteiger partial charge in [-0.05, 0) is 6.07 Å². The predicted molar refractivity (Wildman–Crippen MR) is 99.4 cm³/mol. The van der Waals surface area contributed by atoms with Crippen LogP contribution in [0.15, 0.2) is 29.7 Å². The molecule has 25 heavy (non-hydrogen) atoms. The number of rotatable bonds is 4. The van der Waals surface area contributed by atoms with Crippen molar-refractivity contribution >= 4 is 34.5 Å². The smallest absolute Gasteiger partial charge is 0.259 e. The van der Waals surface area contributed by atoms with E-state index >= 15 is 0 Å². The van der Waals surface area contributed by atoms with E-state index in [1.54, 1.807) is 18.1 Å². The summed E-state index contributed by atoms with van der Waals surface area (Å²) in [6.45, 7) is 4.23. The van der Waals surface area contributed by atoms with E-state index in [9.17, 15) is 4.79 Å². The number of aromatic nitrogens is 3. The molecule has 1 fully saturated rings. The number of amides is 1. The van der Waals surface area contributed by atoms with Crippen LogP contribution in [0.3, 0.4) is 0 Å². The molecule has 9 heteroatoms. The van der Waals surface area contributed by atoms with Crippen molar-refractivity contribution in [3.8, 4) is 0 Å². The fraction of sp³-hybridized carbons (Fsp3) is 0.438. The molecule has 1 unspecified atom stereocenters. The Labute approximate surface area is 149 Å². The van der Waals surface area contributed by atoms with Crippen molar-refractivity contribution in [1.82, 2.24) is 30.9 Å². The van der Waals surface area contributed by atoms with Crippen LogP contribution in [0.1, 0.15) is 0 Å². The summed E-state index contributed by atoms with van der Waals surface area (Å²) in [5.41, 5.74) is 0.804. The van der Waals surface area contributed by atoms with Crippen molar-refractivity contribution in [2.24, 2.45) is 0 Å². The third kappa shape index (κ3) is 3.63. The van der Waals surface area contributed by atoms with Gasteiger partial charge in [-0.3, -0.25) is 4.79 Å². The Bertz CT molecular complexity index is 784. The molecule has 4 N–H and O–H groups in total. The molecular formula is C16H21N7OS. The molecule has 0 radical (unpaired) electrons. The van der Waals surface area contributed by atoms with E-state index in [0.29, 0.717) is 6.54 Å². The number of H-pyrrole nitrogens is 1. The number of fused-ring (bicyclic) bond motifs is 1. The highest BCUT2D eigenvalue weighted by Crippen LogP contribution is 2.28. The third-order valence-electron chi connectivity index (χ3n) is 4.33. The van der Waals surface area contributed by atoms with Gasteiger partial charge in [0.2, 0.25) is 0 Å². The average Bonchev–Trinajstić information content (AvgIpc) is 3.16. The van der Waals surface area contributed by atoms with Gasteiger partial charge in [0.15, 0.2) is 0 Å². The van der Waals surface area contributed by atoms with Crippen LogP contribution in [0, 0.1) is 0 Å². The molecule has 0 aliphatic carbocycles. The highest BCUT2D eigenvalue weighted by atomic mass is 32.2. The van der Waals surface area contributed by atoms with Crippen LogP contribution in [0.25, 0.3) is 11.0 Å². The number of thioether (sulfide) groups is 1. The number of aromatic amines is 1.